The Hall–Kier alpha value is -3.32. The smallest absolute Gasteiger partial charge is 0.340 e. The van der Waals surface area contributed by atoms with Gasteiger partial charge in [0.15, 0.2) is 0 Å². The summed E-state index contributed by atoms with van der Waals surface area (Å²) in [5, 5.41) is 3.20. The van der Waals surface area contributed by atoms with Gasteiger partial charge in [-0.15, -0.1) is 0 Å². The van der Waals surface area contributed by atoms with Gasteiger partial charge in [0.2, 0.25) is 5.91 Å². The number of amides is 1. The lowest BCUT2D eigenvalue weighted by Crippen LogP contribution is -2.17. The molecule has 0 spiro atoms. The van der Waals surface area contributed by atoms with Gasteiger partial charge >= 0.3 is 5.97 Å². The quantitative estimate of drug-likeness (QED) is 0.592. The van der Waals surface area contributed by atoms with E-state index in [0.717, 1.165) is 0 Å². The first kappa shape index (κ1) is 20.0. The summed E-state index contributed by atoms with van der Waals surface area (Å²) in [6, 6.07) is 9.26. The van der Waals surface area contributed by atoms with Gasteiger partial charge < -0.3 is 19.8 Å². The van der Waals surface area contributed by atoms with Crippen LogP contribution >= 0.6 is 11.6 Å². The van der Waals surface area contributed by atoms with Crippen molar-refractivity contribution in [3.05, 3.63) is 69.6 Å². The summed E-state index contributed by atoms with van der Waals surface area (Å²) in [6.45, 7) is 1.71. The van der Waals surface area contributed by atoms with Crippen LogP contribution in [0.2, 0.25) is 5.02 Å². The summed E-state index contributed by atoms with van der Waals surface area (Å²) in [5.41, 5.74) is 3.30. The Morgan fingerprint density at radius 3 is 2.67 bits per heavy atom. The number of H-pyrrole nitrogens is 1. The zero-order valence-electron chi connectivity index (χ0n) is 16.4. The Labute approximate surface area is 177 Å². The molecule has 2 heterocycles. The molecule has 1 amide bonds. The topological polar surface area (TPSA) is 80.4 Å². The number of aryl methyl sites for hydroxylation is 1. The average Bonchev–Trinajstić information content (AvgIpc) is 3.24. The van der Waals surface area contributed by atoms with Crippen LogP contribution in [0.25, 0.3) is 11.3 Å². The lowest BCUT2D eigenvalue weighted by Gasteiger charge is -2.15. The molecule has 6 nitrogen and oxygen atoms in total. The molecule has 4 rings (SSSR count). The van der Waals surface area contributed by atoms with Gasteiger partial charge in [-0.05, 0) is 30.7 Å². The second-order valence-electron chi connectivity index (χ2n) is 6.88. The zero-order valence-corrected chi connectivity index (χ0v) is 17.2. The summed E-state index contributed by atoms with van der Waals surface area (Å²) in [7, 11) is 2.70. The van der Waals surface area contributed by atoms with Crippen molar-refractivity contribution in [3.63, 3.8) is 0 Å². The standard InChI is InChI=1S/C22H18ClFN2O4/c1-10-16(22(28)30-3)18(17-13-5-4-6-14(23)19(13)26-21(17)27)20(25-10)12-8-7-11(24)9-15(12)29-2/h4-9,17,25H,1-3H3,(H,26,27)/t17-/m0/s1. The largest absolute Gasteiger partial charge is 0.496 e. The molecular weight excluding hydrogens is 411 g/mol. The second kappa shape index (κ2) is 7.50. The molecule has 154 valence electrons. The van der Waals surface area contributed by atoms with Crippen LogP contribution in [-0.2, 0) is 9.53 Å². The Morgan fingerprint density at radius 1 is 1.20 bits per heavy atom. The number of aromatic amines is 1. The molecule has 8 heteroatoms. The number of hydrogen-bond donors (Lipinski definition) is 2. The third-order valence-electron chi connectivity index (χ3n) is 5.20. The third-order valence-corrected chi connectivity index (χ3v) is 5.52. The van der Waals surface area contributed by atoms with Gasteiger partial charge in [0.1, 0.15) is 11.6 Å². The number of carbonyl (C=O) groups excluding carboxylic acids is 2. The molecule has 0 radical (unpaired) electrons. The fourth-order valence-electron chi connectivity index (χ4n) is 3.92. The van der Waals surface area contributed by atoms with E-state index in [1.807, 2.05) is 0 Å². The monoisotopic (exact) mass is 428 g/mol. The number of hydrogen-bond acceptors (Lipinski definition) is 4. The number of para-hydroxylation sites is 1. The summed E-state index contributed by atoms with van der Waals surface area (Å²) >= 11 is 6.27. The van der Waals surface area contributed by atoms with Gasteiger partial charge in [0.25, 0.3) is 0 Å². The van der Waals surface area contributed by atoms with Crippen LogP contribution in [0, 0.1) is 12.7 Å². The highest BCUT2D eigenvalue weighted by Gasteiger charge is 2.39. The van der Waals surface area contributed by atoms with Gasteiger partial charge in [-0.2, -0.15) is 0 Å². The van der Waals surface area contributed by atoms with Crippen LogP contribution in [0.3, 0.4) is 0 Å². The predicted octanol–water partition coefficient (Wildman–Crippen LogP) is 4.66. The number of carbonyl (C=O) groups is 2. The van der Waals surface area contributed by atoms with Crippen molar-refractivity contribution < 1.29 is 23.5 Å². The van der Waals surface area contributed by atoms with Crippen molar-refractivity contribution in [3.8, 4) is 17.0 Å². The maximum Gasteiger partial charge on any atom is 0.340 e. The highest BCUT2D eigenvalue weighted by molar-refractivity contribution is 6.34. The van der Waals surface area contributed by atoms with Crippen molar-refractivity contribution in [1.82, 2.24) is 4.98 Å². The average molecular weight is 429 g/mol. The highest BCUT2D eigenvalue weighted by atomic mass is 35.5. The van der Waals surface area contributed by atoms with Crippen molar-refractivity contribution in [2.75, 3.05) is 19.5 Å². The Balaban J connectivity index is 2.04. The minimum absolute atomic E-state index is 0.242. The maximum absolute atomic E-state index is 13.8. The first-order valence-corrected chi connectivity index (χ1v) is 9.49. The van der Waals surface area contributed by atoms with E-state index in [1.165, 1.54) is 32.4 Å². The van der Waals surface area contributed by atoms with Gasteiger partial charge in [-0.3, -0.25) is 4.79 Å². The zero-order chi connectivity index (χ0) is 21.6. The molecule has 3 aromatic rings. The van der Waals surface area contributed by atoms with Crippen LogP contribution in [0.1, 0.15) is 33.1 Å². The first-order valence-electron chi connectivity index (χ1n) is 9.11. The molecule has 1 aliphatic rings. The summed E-state index contributed by atoms with van der Waals surface area (Å²) in [5.74, 6) is -1.94. The van der Waals surface area contributed by atoms with Crippen LogP contribution in [-0.4, -0.2) is 31.1 Å². The van der Waals surface area contributed by atoms with Crippen LogP contribution in [0.4, 0.5) is 10.1 Å². The lowest BCUT2D eigenvalue weighted by atomic mass is 9.87. The van der Waals surface area contributed by atoms with E-state index in [4.69, 9.17) is 21.1 Å². The minimum Gasteiger partial charge on any atom is -0.496 e. The number of fused-ring (bicyclic) bond motifs is 1. The van der Waals surface area contributed by atoms with Crippen molar-refractivity contribution in [2.45, 2.75) is 12.8 Å². The number of rotatable bonds is 4. The van der Waals surface area contributed by atoms with E-state index in [-0.39, 0.29) is 17.2 Å². The number of nitrogens with one attached hydrogen (secondary N) is 2. The summed E-state index contributed by atoms with van der Waals surface area (Å²) in [6.07, 6.45) is 0. The van der Waals surface area contributed by atoms with Gasteiger partial charge in [-0.1, -0.05) is 23.7 Å². The molecule has 0 bridgehead atoms. The number of anilines is 1. The highest BCUT2D eigenvalue weighted by Crippen LogP contribution is 2.47. The molecule has 30 heavy (non-hydrogen) atoms. The van der Waals surface area contributed by atoms with Gasteiger partial charge in [0.05, 0.1) is 42.1 Å². The predicted molar refractivity (Wildman–Crippen MR) is 111 cm³/mol. The van der Waals surface area contributed by atoms with Gasteiger partial charge in [0, 0.05) is 22.9 Å². The summed E-state index contributed by atoms with van der Waals surface area (Å²) in [4.78, 5) is 28.8. The van der Waals surface area contributed by atoms with Gasteiger partial charge in [-0.25, -0.2) is 9.18 Å². The third kappa shape index (κ3) is 3.02. The van der Waals surface area contributed by atoms with Crippen LogP contribution in [0.5, 0.6) is 5.75 Å². The number of halogens is 2. The van der Waals surface area contributed by atoms with Crippen LogP contribution in [0.15, 0.2) is 36.4 Å². The second-order valence-corrected chi connectivity index (χ2v) is 7.28. The Morgan fingerprint density at radius 2 is 1.97 bits per heavy atom. The van der Waals surface area contributed by atoms with E-state index in [1.54, 1.807) is 25.1 Å². The molecule has 0 unspecified atom stereocenters. The van der Waals surface area contributed by atoms with E-state index >= 15 is 0 Å². The van der Waals surface area contributed by atoms with Crippen molar-refractivity contribution >= 4 is 29.2 Å². The van der Waals surface area contributed by atoms with E-state index in [9.17, 15) is 14.0 Å². The Kier molecular flexibility index (Phi) is 4.99. The summed E-state index contributed by atoms with van der Waals surface area (Å²) < 4.78 is 24.1. The molecule has 0 aliphatic carbocycles. The molecule has 2 aromatic carbocycles. The number of ether oxygens (including phenoxy) is 2. The number of methoxy groups -OCH3 is 2. The van der Waals surface area contributed by atoms with E-state index in [0.29, 0.717) is 38.8 Å². The molecule has 1 atom stereocenters. The minimum atomic E-state index is -0.817. The SMILES string of the molecule is COC(=O)c1c(C)[nH]c(-c2ccc(F)cc2OC)c1[C@H]1C(=O)Nc2c(Cl)cccc21. The lowest BCUT2D eigenvalue weighted by molar-refractivity contribution is -0.116. The van der Waals surface area contributed by atoms with Crippen molar-refractivity contribution in [2.24, 2.45) is 0 Å². The maximum atomic E-state index is 13.8. The molecule has 1 aliphatic heterocycles. The molecule has 0 saturated heterocycles. The fraction of sp³-hybridized carbons (Fsp3) is 0.182. The Bertz CT molecular complexity index is 1190. The first-order chi connectivity index (χ1) is 14.4. The number of benzene rings is 2. The number of esters is 1. The molecule has 2 N–H and O–H groups in total. The van der Waals surface area contributed by atoms with Crippen molar-refractivity contribution in [1.29, 1.82) is 0 Å². The number of aromatic nitrogens is 1. The fourth-order valence-corrected chi connectivity index (χ4v) is 4.15. The molecular formula is C22H18ClFN2O4. The van der Waals surface area contributed by atoms with E-state index in [2.05, 4.69) is 10.3 Å². The van der Waals surface area contributed by atoms with Crippen LogP contribution < -0.4 is 10.1 Å². The molecule has 0 fully saturated rings. The molecule has 1 aromatic heterocycles. The van der Waals surface area contributed by atoms with E-state index < -0.39 is 17.7 Å². The normalized spacial score (nSPS) is 15.0. The molecule has 0 saturated carbocycles.